The Balaban J connectivity index is 1.40. The number of methoxy groups -OCH3 is 1. The summed E-state index contributed by atoms with van der Waals surface area (Å²) in [5.74, 6) is 0.804. The van der Waals surface area contributed by atoms with Crippen molar-refractivity contribution in [3.63, 3.8) is 0 Å². The largest absolute Gasteiger partial charge is 0.496 e. The topological polar surface area (TPSA) is 116 Å². The van der Waals surface area contributed by atoms with E-state index in [2.05, 4.69) is 15.5 Å². The summed E-state index contributed by atoms with van der Waals surface area (Å²) in [7, 11) is 1.51. The van der Waals surface area contributed by atoms with E-state index in [9.17, 15) is 14.9 Å². The Morgan fingerprint density at radius 2 is 1.79 bits per heavy atom. The standard InChI is InChI=1S/C24H18N4O5/c1-32-22-13-18-5-3-2-4-17(18)12-21(22)24(29)27-26-14-16-6-9-20(10-7-16)33-23-11-8-19(15-25-23)28(30)31/h2-15H,1H3,(H,27,29). The third-order valence-corrected chi connectivity index (χ3v) is 4.73. The van der Waals surface area contributed by atoms with Crippen LogP contribution in [0.5, 0.6) is 17.4 Å². The first-order valence-electron chi connectivity index (χ1n) is 9.82. The van der Waals surface area contributed by atoms with Crippen LogP contribution in [0, 0.1) is 10.1 Å². The van der Waals surface area contributed by atoms with Gasteiger partial charge in [0.25, 0.3) is 11.6 Å². The van der Waals surface area contributed by atoms with E-state index in [-0.39, 0.29) is 11.6 Å². The van der Waals surface area contributed by atoms with Crippen LogP contribution in [0.1, 0.15) is 15.9 Å². The van der Waals surface area contributed by atoms with Gasteiger partial charge in [-0.1, -0.05) is 24.3 Å². The lowest BCUT2D eigenvalue weighted by atomic mass is 10.1. The zero-order chi connectivity index (χ0) is 23.2. The van der Waals surface area contributed by atoms with E-state index >= 15 is 0 Å². The lowest BCUT2D eigenvalue weighted by molar-refractivity contribution is -0.385. The average Bonchev–Trinajstić information content (AvgIpc) is 2.84. The van der Waals surface area contributed by atoms with Crippen LogP contribution in [0.25, 0.3) is 10.8 Å². The Morgan fingerprint density at radius 3 is 2.42 bits per heavy atom. The smallest absolute Gasteiger partial charge is 0.287 e. The molecule has 0 saturated carbocycles. The number of carbonyl (C=O) groups excluding carboxylic acids is 1. The highest BCUT2D eigenvalue weighted by Crippen LogP contribution is 2.26. The predicted octanol–water partition coefficient (Wildman–Crippen LogP) is 4.71. The molecule has 0 saturated heterocycles. The zero-order valence-electron chi connectivity index (χ0n) is 17.5. The molecule has 0 aliphatic heterocycles. The van der Waals surface area contributed by atoms with Crippen molar-refractivity contribution in [3.05, 3.63) is 100 Å². The Hall–Kier alpha value is -4.79. The van der Waals surface area contributed by atoms with Gasteiger partial charge in [-0.3, -0.25) is 14.9 Å². The van der Waals surface area contributed by atoms with Crippen molar-refractivity contribution in [2.45, 2.75) is 0 Å². The second kappa shape index (κ2) is 9.56. The second-order valence-corrected chi connectivity index (χ2v) is 6.88. The van der Waals surface area contributed by atoms with Crippen molar-refractivity contribution < 1.29 is 19.2 Å². The summed E-state index contributed by atoms with van der Waals surface area (Å²) in [6.45, 7) is 0. The first-order valence-corrected chi connectivity index (χ1v) is 9.82. The Labute approximate surface area is 188 Å². The lowest BCUT2D eigenvalue weighted by Crippen LogP contribution is -2.18. The van der Waals surface area contributed by atoms with Gasteiger partial charge in [-0.05, 0) is 52.7 Å². The highest BCUT2D eigenvalue weighted by molar-refractivity contribution is 6.01. The first-order chi connectivity index (χ1) is 16.0. The van der Waals surface area contributed by atoms with Gasteiger partial charge in [-0.15, -0.1) is 0 Å². The molecule has 0 atom stereocenters. The molecule has 1 heterocycles. The normalized spacial score (nSPS) is 10.8. The summed E-state index contributed by atoms with van der Waals surface area (Å²) in [5.41, 5.74) is 3.51. The molecule has 0 radical (unpaired) electrons. The quantitative estimate of drug-likeness (QED) is 0.252. The van der Waals surface area contributed by atoms with Crippen molar-refractivity contribution in [2.24, 2.45) is 5.10 Å². The number of carbonyl (C=O) groups is 1. The number of hydrogen-bond donors (Lipinski definition) is 1. The van der Waals surface area contributed by atoms with E-state index in [1.807, 2.05) is 30.3 Å². The molecule has 3 aromatic carbocycles. The Kier molecular flexibility index (Phi) is 6.21. The minimum atomic E-state index is -0.528. The number of rotatable bonds is 7. The number of nitro groups is 1. The molecule has 9 nitrogen and oxygen atoms in total. The van der Waals surface area contributed by atoms with Crippen molar-refractivity contribution in [3.8, 4) is 17.4 Å². The number of pyridine rings is 1. The zero-order valence-corrected chi connectivity index (χ0v) is 17.5. The van der Waals surface area contributed by atoms with Gasteiger partial charge in [0.1, 0.15) is 17.7 Å². The molecule has 0 spiro atoms. The number of hydrogen-bond acceptors (Lipinski definition) is 7. The molecule has 0 aliphatic carbocycles. The number of benzene rings is 3. The van der Waals surface area contributed by atoms with Crippen LogP contribution < -0.4 is 14.9 Å². The minimum absolute atomic E-state index is 0.114. The van der Waals surface area contributed by atoms with Gasteiger partial charge >= 0.3 is 0 Å². The van der Waals surface area contributed by atoms with Crippen LogP contribution >= 0.6 is 0 Å². The number of hydrazone groups is 1. The van der Waals surface area contributed by atoms with Crippen molar-refractivity contribution in [1.29, 1.82) is 0 Å². The van der Waals surface area contributed by atoms with Crippen molar-refractivity contribution in [1.82, 2.24) is 10.4 Å². The first kappa shape index (κ1) is 21.4. The molecular formula is C24H18N4O5. The lowest BCUT2D eigenvalue weighted by Gasteiger charge is -2.09. The molecule has 1 amide bonds. The molecule has 1 aromatic heterocycles. The molecular weight excluding hydrogens is 424 g/mol. The maximum absolute atomic E-state index is 12.6. The van der Waals surface area contributed by atoms with Gasteiger partial charge in [-0.2, -0.15) is 5.10 Å². The van der Waals surface area contributed by atoms with Gasteiger partial charge in [0.2, 0.25) is 5.88 Å². The molecule has 1 N–H and O–H groups in total. The Morgan fingerprint density at radius 1 is 1.06 bits per heavy atom. The second-order valence-electron chi connectivity index (χ2n) is 6.88. The van der Waals surface area contributed by atoms with Gasteiger partial charge in [0.15, 0.2) is 0 Å². The van der Waals surface area contributed by atoms with Crippen molar-refractivity contribution in [2.75, 3.05) is 7.11 Å². The molecule has 9 heteroatoms. The molecule has 4 aromatic rings. The van der Waals surface area contributed by atoms with E-state index in [4.69, 9.17) is 9.47 Å². The van der Waals surface area contributed by atoms with E-state index < -0.39 is 10.8 Å². The maximum Gasteiger partial charge on any atom is 0.287 e. The molecule has 164 valence electrons. The highest BCUT2D eigenvalue weighted by Gasteiger charge is 2.13. The minimum Gasteiger partial charge on any atom is -0.496 e. The third kappa shape index (κ3) is 5.10. The number of nitrogens with one attached hydrogen (secondary N) is 1. The molecule has 0 unspecified atom stereocenters. The van der Waals surface area contributed by atoms with Gasteiger partial charge in [-0.25, -0.2) is 10.4 Å². The summed E-state index contributed by atoms with van der Waals surface area (Å²) in [4.78, 5) is 26.7. The van der Waals surface area contributed by atoms with Crippen LogP contribution in [-0.2, 0) is 0 Å². The van der Waals surface area contributed by atoms with E-state index in [0.29, 0.717) is 17.1 Å². The van der Waals surface area contributed by atoms with E-state index in [1.165, 1.54) is 25.5 Å². The molecule has 0 aliphatic rings. The molecule has 0 fully saturated rings. The van der Waals surface area contributed by atoms with Crippen LogP contribution in [0.15, 0.2) is 84.1 Å². The fourth-order valence-electron chi connectivity index (χ4n) is 3.07. The van der Waals surface area contributed by atoms with Crippen LogP contribution in [0.3, 0.4) is 0 Å². The number of amides is 1. The van der Waals surface area contributed by atoms with Gasteiger partial charge < -0.3 is 9.47 Å². The summed E-state index contributed by atoms with van der Waals surface area (Å²) in [6.07, 6.45) is 2.63. The number of aromatic nitrogens is 1. The molecule has 4 rings (SSSR count). The number of nitrogens with zero attached hydrogens (tertiary/aromatic N) is 3. The highest BCUT2D eigenvalue weighted by atomic mass is 16.6. The SMILES string of the molecule is COc1cc2ccccc2cc1C(=O)NN=Cc1ccc(Oc2ccc([N+](=O)[O-])cn2)cc1. The third-order valence-electron chi connectivity index (χ3n) is 4.73. The van der Waals surface area contributed by atoms with Gasteiger partial charge in [0, 0.05) is 12.1 Å². The Bertz CT molecular complexity index is 1340. The summed E-state index contributed by atoms with van der Waals surface area (Å²) in [5, 5.41) is 16.6. The van der Waals surface area contributed by atoms with Crippen molar-refractivity contribution >= 4 is 28.6 Å². The maximum atomic E-state index is 12.6. The van der Waals surface area contributed by atoms with Gasteiger partial charge in [0.05, 0.1) is 23.8 Å². The fourth-order valence-corrected chi connectivity index (χ4v) is 3.07. The monoisotopic (exact) mass is 442 g/mol. The fraction of sp³-hybridized carbons (Fsp3) is 0.0417. The summed E-state index contributed by atoms with van der Waals surface area (Å²) < 4.78 is 10.9. The van der Waals surface area contributed by atoms with E-state index in [1.54, 1.807) is 30.3 Å². The molecule has 33 heavy (non-hydrogen) atoms. The van der Waals surface area contributed by atoms with Crippen LogP contribution in [-0.4, -0.2) is 29.1 Å². The number of fused-ring (bicyclic) bond motifs is 1. The number of ether oxygens (including phenoxy) is 2. The summed E-state index contributed by atoms with van der Waals surface area (Å²) >= 11 is 0. The predicted molar refractivity (Wildman–Crippen MR) is 123 cm³/mol. The average molecular weight is 442 g/mol. The summed E-state index contributed by atoms with van der Waals surface area (Å²) in [6, 6.07) is 20.9. The molecule has 0 bridgehead atoms. The van der Waals surface area contributed by atoms with Crippen LogP contribution in [0.2, 0.25) is 0 Å². The van der Waals surface area contributed by atoms with E-state index in [0.717, 1.165) is 22.5 Å². The van der Waals surface area contributed by atoms with Crippen LogP contribution in [0.4, 0.5) is 5.69 Å².